The van der Waals surface area contributed by atoms with Crippen LogP contribution in [0.1, 0.15) is 111 Å². The van der Waals surface area contributed by atoms with E-state index < -0.39 is 20.5 Å². The minimum absolute atomic E-state index is 0.00791. The Kier molecular flexibility index (Phi) is 21.0. The second kappa shape index (κ2) is 21.3. The molecule has 0 fully saturated rings. The van der Waals surface area contributed by atoms with Gasteiger partial charge in [0.1, 0.15) is 25.9 Å². The van der Waals surface area contributed by atoms with Crippen LogP contribution in [-0.2, 0) is 23.1 Å². The fourth-order valence-corrected chi connectivity index (χ4v) is 4.69. The summed E-state index contributed by atoms with van der Waals surface area (Å²) in [6.07, 6.45) is 15.8. The molecule has 9 heteroatoms. The number of ether oxygens (including phenoxy) is 1. The summed E-state index contributed by atoms with van der Waals surface area (Å²) in [5.74, 6) is 0.661. The Morgan fingerprint density at radius 1 is 0.811 bits per heavy atom. The molecular weight excluding hydrogens is 493 g/mol. The molecule has 0 spiro atoms. The number of hydrogen-bond donors (Lipinski definition) is 1. The zero-order chi connectivity index (χ0) is 28.2. The largest absolute Gasteiger partial charge is 0.756 e. The van der Waals surface area contributed by atoms with Gasteiger partial charge in [-0.2, -0.15) is 0 Å². The fraction of sp³-hybridized carbons (Fsp3) is 0.964. The first-order chi connectivity index (χ1) is 17.3. The van der Waals surface area contributed by atoms with Crippen molar-refractivity contribution >= 4 is 13.8 Å². The lowest BCUT2D eigenvalue weighted by atomic mass is 9.98. The quantitative estimate of drug-likeness (QED) is 0.0656. The van der Waals surface area contributed by atoms with E-state index in [-0.39, 0.29) is 25.1 Å². The summed E-state index contributed by atoms with van der Waals surface area (Å²) >= 11 is 0. The van der Waals surface area contributed by atoms with Crippen molar-refractivity contribution in [3.8, 4) is 0 Å². The molecule has 3 atom stereocenters. The number of carbonyl (C=O) groups is 1. The minimum Gasteiger partial charge on any atom is -0.756 e. The number of nitrogens with zero attached hydrogens (tertiary/aromatic N) is 1. The Morgan fingerprint density at radius 3 is 1.78 bits per heavy atom. The van der Waals surface area contributed by atoms with Crippen molar-refractivity contribution in [1.29, 1.82) is 0 Å². The van der Waals surface area contributed by atoms with Gasteiger partial charge >= 0.3 is 5.97 Å². The third-order valence-electron chi connectivity index (χ3n) is 6.37. The number of unbranched alkanes of at least 4 members (excludes halogenated alkanes) is 10. The molecule has 1 N–H and O–H groups in total. The van der Waals surface area contributed by atoms with E-state index in [0.29, 0.717) is 17.4 Å². The van der Waals surface area contributed by atoms with Crippen molar-refractivity contribution < 1.29 is 37.6 Å². The van der Waals surface area contributed by atoms with Crippen LogP contribution in [0.2, 0.25) is 0 Å². The first-order valence-corrected chi connectivity index (χ1v) is 16.0. The van der Waals surface area contributed by atoms with E-state index in [1.54, 1.807) is 0 Å². The van der Waals surface area contributed by atoms with Crippen molar-refractivity contribution in [3.05, 3.63) is 0 Å². The minimum atomic E-state index is -4.50. The van der Waals surface area contributed by atoms with Crippen molar-refractivity contribution in [2.24, 2.45) is 11.8 Å². The van der Waals surface area contributed by atoms with E-state index in [0.717, 1.165) is 18.8 Å². The predicted molar refractivity (Wildman–Crippen MR) is 148 cm³/mol. The van der Waals surface area contributed by atoms with Crippen molar-refractivity contribution in [2.75, 3.05) is 47.5 Å². The molecule has 222 valence electrons. The van der Waals surface area contributed by atoms with Crippen LogP contribution in [0.5, 0.6) is 0 Å². The molecule has 0 aliphatic rings. The normalized spacial score (nSPS) is 15.5. The molecule has 0 saturated carbocycles. The Bertz CT molecular complexity index is 610. The molecule has 0 aromatic rings. The van der Waals surface area contributed by atoms with Gasteiger partial charge in [0.2, 0.25) is 0 Å². The zero-order valence-corrected chi connectivity index (χ0v) is 25.6. The van der Waals surface area contributed by atoms with Gasteiger partial charge in [-0.25, -0.2) is 0 Å². The summed E-state index contributed by atoms with van der Waals surface area (Å²) in [6, 6.07) is 0. The molecule has 0 saturated heterocycles. The predicted octanol–water partition coefficient (Wildman–Crippen LogP) is 5.85. The number of likely N-dealkylation sites (N-methyl/N-ethyl adjacent to an activating group) is 1. The number of carbonyl (C=O) groups excluding carboxylic acids is 1. The number of esters is 1. The van der Waals surface area contributed by atoms with Crippen molar-refractivity contribution in [1.82, 2.24) is 0 Å². The highest BCUT2D eigenvalue weighted by molar-refractivity contribution is 7.45. The number of aliphatic hydroxyl groups is 1. The van der Waals surface area contributed by atoms with Crippen molar-refractivity contribution in [3.63, 3.8) is 0 Å². The Balaban J connectivity index is 3.67. The molecule has 8 nitrogen and oxygen atoms in total. The number of rotatable bonds is 25. The van der Waals surface area contributed by atoms with E-state index in [9.17, 15) is 19.4 Å². The van der Waals surface area contributed by atoms with Gasteiger partial charge in [-0.05, 0) is 11.8 Å². The molecule has 0 aliphatic carbocycles. The van der Waals surface area contributed by atoms with Gasteiger partial charge < -0.3 is 28.3 Å². The first-order valence-electron chi connectivity index (χ1n) is 14.5. The molecule has 0 amide bonds. The van der Waals surface area contributed by atoms with Crippen LogP contribution in [0.25, 0.3) is 0 Å². The summed E-state index contributed by atoms with van der Waals surface area (Å²) in [6.45, 7) is 6.30. The van der Waals surface area contributed by atoms with Crippen LogP contribution in [0.15, 0.2) is 0 Å². The number of phosphoric ester groups is 1. The molecule has 37 heavy (non-hydrogen) atoms. The van der Waals surface area contributed by atoms with E-state index in [1.165, 1.54) is 70.6 Å². The Labute approximate surface area is 227 Å². The van der Waals surface area contributed by atoms with Gasteiger partial charge in [0.05, 0.1) is 27.7 Å². The maximum atomic E-state index is 12.0. The summed E-state index contributed by atoms with van der Waals surface area (Å²) in [7, 11) is 1.25. The van der Waals surface area contributed by atoms with Crippen LogP contribution in [0.3, 0.4) is 0 Å². The SMILES string of the molecule is CC(C)CCCCCCCCCCCCCC(C)CC(=O)OC[C@@H](O)COP(=O)([O-])OCC[N+](C)(C)C. The third kappa shape index (κ3) is 26.9. The molecule has 0 aromatic carbocycles. The maximum Gasteiger partial charge on any atom is 0.306 e. The highest BCUT2D eigenvalue weighted by Crippen LogP contribution is 2.38. The van der Waals surface area contributed by atoms with E-state index in [4.69, 9.17) is 9.26 Å². The summed E-state index contributed by atoms with van der Waals surface area (Å²) in [5, 5.41) is 9.87. The second-order valence-corrected chi connectivity index (χ2v) is 13.5. The average molecular weight is 552 g/mol. The molecule has 0 heterocycles. The van der Waals surface area contributed by atoms with Gasteiger partial charge in [0.15, 0.2) is 0 Å². The molecule has 2 unspecified atom stereocenters. The maximum absolute atomic E-state index is 12.0. The summed E-state index contributed by atoms with van der Waals surface area (Å²) < 4.78 is 26.8. The average Bonchev–Trinajstić information content (AvgIpc) is 2.78. The number of aliphatic hydroxyl groups excluding tert-OH is 1. The summed E-state index contributed by atoms with van der Waals surface area (Å²) in [4.78, 5) is 23.8. The second-order valence-electron chi connectivity index (χ2n) is 12.1. The lowest BCUT2D eigenvalue weighted by Gasteiger charge is -2.27. The van der Waals surface area contributed by atoms with Crippen molar-refractivity contribution in [2.45, 2.75) is 117 Å². The number of hydrogen-bond acceptors (Lipinski definition) is 7. The monoisotopic (exact) mass is 551 g/mol. The standard InChI is InChI=1S/C28H58NO7P/c1-25(2)18-16-14-12-10-8-7-9-11-13-15-17-19-26(3)22-28(31)34-23-27(30)24-36-37(32,33)35-21-20-29(4,5)6/h25-27,30H,7-24H2,1-6H3/t26?,27-/m1/s1. The van der Waals surface area contributed by atoms with Gasteiger partial charge in [0.25, 0.3) is 7.82 Å². The Hall–Kier alpha value is -0.500. The van der Waals surface area contributed by atoms with Gasteiger partial charge in [0, 0.05) is 6.42 Å². The highest BCUT2D eigenvalue weighted by Gasteiger charge is 2.17. The van der Waals surface area contributed by atoms with Crippen LogP contribution >= 0.6 is 7.82 Å². The third-order valence-corrected chi connectivity index (χ3v) is 7.33. The van der Waals surface area contributed by atoms with Gasteiger partial charge in [-0.1, -0.05) is 104 Å². The molecule has 0 rings (SSSR count). The molecule has 0 aromatic heterocycles. The molecule has 0 bridgehead atoms. The van der Waals surface area contributed by atoms with E-state index >= 15 is 0 Å². The lowest BCUT2D eigenvalue weighted by Crippen LogP contribution is -2.37. The van der Waals surface area contributed by atoms with Crippen LogP contribution in [-0.4, -0.2) is 69.2 Å². The Morgan fingerprint density at radius 2 is 1.30 bits per heavy atom. The van der Waals surface area contributed by atoms with Gasteiger partial charge in [-0.15, -0.1) is 0 Å². The number of quaternary nitrogens is 1. The van der Waals surface area contributed by atoms with Gasteiger partial charge in [-0.3, -0.25) is 9.36 Å². The fourth-order valence-electron chi connectivity index (χ4n) is 3.96. The topological polar surface area (TPSA) is 105 Å². The van der Waals surface area contributed by atoms with E-state index in [1.807, 2.05) is 28.1 Å². The smallest absolute Gasteiger partial charge is 0.306 e. The first kappa shape index (κ1) is 36.5. The molecular formula is C28H58NO7P. The molecule has 0 radical (unpaired) electrons. The molecule has 0 aliphatic heterocycles. The lowest BCUT2D eigenvalue weighted by molar-refractivity contribution is -0.870. The van der Waals surface area contributed by atoms with E-state index in [2.05, 4.69) is 18.4 Å². The summed E-state index contributed by atoms with van der Waals surface area (Å²) in [5.41, 5.74) is 0. The van der Waals surface area contributed by atoms with Crippen LogP contribution in [0, 0.1) is 11.8 Å². The highest BCUT2D eigenvalue weighted by atomic mass is 31.2. The number of phosphoric acid groups is 1. The zero-order valence-electron chi connectivity index (χ0n) is 24.8. The van der Waals surface area contributed by atoms with Crippen LogP contribution < -0.4 is 4.89 Å². The van der Waals surface area contributed by atoms with Crippen LogP contribution in [0.4, 0.5) is 0 Å².